The molecule has 0 radical (unpaired) electrons. The van der Waals surface area contributed by atoms with Crippen molar-refractivity contribution in [2.24, 2.45) is 0 Å². The van der Waals surface area contributed by atoms with E-state index in [9.17, 15) is 4.79 Å². The molecule has 0 aliphatic heterocycles. The summed E-state index contributed by atoms with van der Waals surface area (Å²) in [4.78, 5) is 21.2. The largest absolute Gasteiger partial charge is 0.383 e. The molecule has 1 heterocycles. The van der Waals surface area contributed by atoms with Crippen LogP contribution < -0.4 is 4.90 Å². The van der Waals surface area contributed by atoms with Crippen molar-refractivity contribution in [1.82, 2.24) is 9.97 Å². The number of nitrogens with zero attached hydrogens (tertiary/aromatic N) is 3. The predicted octanol–water partition coefficient (Wildman–Crippen LogP) is 1.93. The van der Waals surface area contributed by atoms with Crippen molar-refractivity contribution < 1.29 is 9.53 Å². The summed E-state index contributed by atoms with van der Waals surface area (Å²) in [5.41, 5.74) is 0.495. The molecule has 18 heavy (non-hydrogen) atoms. The number of anilines is 1. The van der Waals surface area contributed by atoms with Crippen LogP contribution in [-0.2, 0) is 4.74 Å². The van der Waals surface area contributed by atoms with Crippen molar-refractivity contribution in [3.05, 3.63) is 18.0 Å². The van der Waals surface area contributed by atoms with Gasteiger partial charge in [-0.05, 0) is 12.8 Å². The van der Waals surface area contributed by atoms with E-state index >= 15 is 0 Å². The molecule has 5 heteroatoms. The first-order chi connectivity index (χ1) is 8.76. The highest BCUT2D eigenvalue weighted by Crippen LogP contribution is 2.15. The Bertz CT molecular complexity index is 350. The Kier molecular flexibility index (Phi) is 6.28. The van der Waals surface area contributed by atoms with Crippen LogP contribution in [0.25, 0.3) is 0 Å². The van der Waals surface area contributed by atoms with E-state index in [0.717, 1.165) is 25.7 Å². The molecule has 0 aromatic carbocycles. The van der Waals surface area contributed by atoms with Crippen LogP contribution in [0.5, 0.6) is 0 Å². The van der Waals surface area contributed by atoms with Crippen molar-refractivity contribution in [1.29, 1.82) is 0 Å². The molecule has 5 nitrogen and oxygen atoms in total. The number of methoxy groups -OCH3 is 1. The number of carbonyl (C=O) groups is 1. The summed E-state index contributed by atoms with van der Waals surface area (Å²) in [7, 11) is 1.68. The maximum atomic E-state index is 10.6. The molecule has 0 bridgehead atoms. The number of rotatable bonds is 8. The predicted molar refractivity (Wildman–Crippen MR) is 71.0 cm³/mol. The van der Waals surface area contributed by atoms with Gasteiger partial charge in [-0.25, -0.2) is 9.97 Å². The summed E-state index contributed by atoms with van der Waals surface area (Å²) < 4.78 is 5.12. The van der Waals surface area contributed by atoms with Crippen LogP contribution in [0.3, 0.4) is 0 Å². The molecule has 0 aliphatic carbocycles. The minimum atomic E-state index is 0.391. The minimum absolute atomic E-state index is 0.391. The molecule has 0 N–H and O–H groups in total. The minimum Gasteiger partial charge on any atom is -0.383 e. The molecule has 1 rings (SSSR count). The van der Waals surface area contributed by atoms with Gasteiger partial charge in [-0.2, -0.15) is 0 Å². The van der Waals surface area contributed by atoms with E-state index in [2.05, 4.69) is 28.7 Å². The lowest BCUT2D eigenvalue weighted by Crippen LogP contribution is -2.38. The van der Waals surface area contributed by atoms with Gasteiger partial charge in [0.15, 0.2) is 6.29 Å². The Morgan fingerprint density at radius 3 is 2.39 bits per heavy atom. The van der Waals surface area contributed by atoms with E-state index in [1.165, 1.54) is 0 Å². The molecule has 0 amide bonds. The second kappa shape index (κ2) is 7.76. The Hall–Kier alpha value is -1.49. The first-order valence-corrected chi connectivity index (χ1v) is 6.29. The molecule has 0 unspecified atom stereocenters. The standard InChI is InChI=1S/C13H21N3O2/c1-4-12(5-2)16(6-7-18-3)13-14-8-11(10-17)9-15-13/h8-10,12H,4-7H2,1-3H3. The highest BCUT2D eigenvalue weighted by Gasteiger charge is 2.17. The van der Waals surface area contributed by atoms with Crippen molar-refractivity contribution in [2.75, 3.05) is 25.2 Å². The zero-order chi connectivity index (χ0) is 13.4. The van der Waals surface area contributed by atoms with E-state index in [0.29, 0.717) is 24.2 Å². The number of carbonyl (C=O) groups excluding carboxylic acids is 1. The van der Waals surface area contributed by atoms with Crippen LogP contribution in [0.4, 0.5) is 5.95 Å². The van der Waals surface area contributed by atoms with Gasteiger partial charge in [0, 0.05) is 32.1 Å². The van der Waals surface area contributed by atoms with Gasteiger partial charge in [0.1, 0.15) is 0 Å². The van der Waals surface area contributed by atoms with Crippen LogP contribution in [0.1, 0.15) is 37.0 Å². The average molecular weight is 251 g/mol. The first-order valence-electron chi connectivity index (χ1n) is 6.29. The number of aldehydes is 1. The van der Waals surface area contributed by atoms with E-state index < -0.39 is 0 Å². The van der Waals surface area contributed by atoms with E-state index in [4.69, 9.17) is 4.74 Å². The average Bonchev–Trinajstić information content (AvgIpc) is 2.43. The second-order valence-corrected chi connectivity index (χ2v) is 4.09. The number of aromatic nitrogens is 2. The van der Waals surface area contributed by atoms with Crippen molar-refractivity contribution in [3.63, 3.8) is 0 Å². The van der Waals surface area contributed by atoms with Gasteiger partial charge in [-0.1, -0.05) is 13.8 Å². The summed E-state index contributed by atoms with van der Waals surface area (Å²) in [5, 5.41) is 0. The summed E-state index contributed by atoms with van der Waals surface area (Å²) in [5.74, 6) is 0.659. The molecule has 1 aromatic rings. The molecule has 0 aliphatic rings. The third-order valence-corrected chi connectivity index (χ3v) is 2.97. The van der Waals surface area contributed by atoms with Crippen LogP contribution >= 0.6 is 0 Å². The van der Waals surface area contributed by atoms with E-state index in [-0.39, 0.29) is 0 Å². The summed E-state index contributed by atoms with van der Waals surface area (Å²) >= 11 is 0. The highest BCUT2D eigenvalue weighted by atomic mass is 16.5. The Balaban J connectivity index is 2.88. The zero-order valence-corrected chi connectivity index (χ0v) is 11.3. The van der Waals surface area contributed by atoms with Crippen LogP contribution in [0.2, 0.25) is 0 Å². The fraction of sp³-hybridized carbons (Fsp3) is 0.615. The van der Waals surface area contributed by atoms with Gasteiger partial charge in [0.05, 0.1) is 12.2 Å². The Labute approximate surface area is 108 Å². The van der Waals surface area contributed by atoms with Gasteiger partial charge in [-0.15, -0.1) is 0 Å². The summed E-state index contributed by atoms with van der Waals surface area (Å²) in [6.45, 7) is 5.68. The first kappa shape index (κ1) is 14.6. The molecule has 1 aromatic heterocycles. The van der Waals surface area contributed by atoms with Gasteiger partial charge in [0.25, 0.3) is 0 Å². The summed E-state index contributed by atoms with van der Waals surface area (Å²) in [6, 6.07) is 0.391. The van der Waals surface area contributed by atoms with Gasteiger partial charge in [0.2, 0.25) is 5.95 Å². The monoisotopic (exact) mass is 251 g/mol. The van der Waals surface area contributed by atoms with Gasteiger partial charge >= 0.3 is 0 Å². The third kappa shape index (κ3) is 3.77. The quantitative estimate of drug-likeness (QED) is 0.661. The number of hydrogen-bond donors (Lipinski definition) is 0. The molecule has 0 saturated heterocycles. The summed E-state index contributed by atoms with van der Waals surface area (Å²) in [6.07, 6.45) is 5.91. The van der Waals surface area contributed by atoms with Crippen LogP contribution in [0.15, 0.2) is 12.4 Å². The van der Waals surface area contributed by atoms with Crippen molar-refractivity contribution >= 4 is 12.2 Å². The molecule has 0 fully saturated rings. The number of hydrogen-bond acceptors (Lipinski definition) is 5. The van der Waals surface area contributed by atoms with E-state index in [1.807, 2.05) is 0 Å². The Morgan fingerprint density at radius 2 is 1.94 bits per heavy atom. The van der Waals surface area contributed by atoms with Crippen molar-refractivity contribution in [2.45, 2.75) is 32.7 Å². The lowest BCUT2D eigenvalue weighted by molar-refractivity contribution is 0.112. The normalized spacial score (nSPS) is 10.7. The Morgan fingerprint density at radius 1 is 1.33 bits per heavy atom. The molecule has 0 atom stereocenters. The molecule has 0 saturated carbocycles. The molecular weight excluding hydrogens is 230 g/mol. The molecule has 0 spiro atoms. The van der Waals surface area contributed by atoms with E-state index in [1.54, 1.807) is 19.5 Å². The maximum absolute atomic E-state index is 10.6. The van der Waals surface area contributed by atoms with Gasteiger partial charge in [-0.3, -0.25) is 4.79 Å². The number of ether oxygens (including phenoxy) is 1. The second-order valence-electron chi connectivity index (χ2n) is 4.09. The molecular formula is C13H21N3O2. The molecule has 100 valence electrons. The lowest BCUT2D eigenvalue weighted by Gasteiger charge is -2.30. The third-order valence-electron chi connectivity index (χ3n) is 2.97. The van der Waals surface area contributed by atoms with Crippen LogP contribution in [0, 0.1) is 0 Å². The fourth-order valence-corrected chi connectivity index (χ4v) is 1.91. The maximum Gasteiger partial charge on any atom is 0.225 e. The topological polar surface area (TPSA) is 55.3 Å². The SMILES string of the molecule is CCC(CC)N(CCOC)c1ncc(C=O)cn1. The lowest BCUT2D eigenvalue weighted by atomic mass is 10.1. The van der Waals surface area contributed by atoms with Crippen molar-refractivity contribution in [3.8, 4) is 0 Å². The smallest absolute Gasteiger partial charge is 0.225 e. The zero-order valence-electron chi connectivity index (χ0n) is 11.3. The fourth-order valence-electron chi connectivity index (χ4n) is 1.91. The highest BCUT2D eigenvalue weighted by molar-refractivity contribution is 5.73. The van der Waals surface area contributed by atoms with Gasteiger partial charge < -0.3 is 9.64 Å². The van der Waals surface area contributed by atoms with Crippen LogP contribution in [-0.4, -0.2) is 42.6 Å².